The molecule has 3 heteroatoms. The SMILES string of the molecule is COc1cccc(CC(=O)NCCc2ccc(C)cc2)c1. The van der Waals surface area contributed by atoms with Crippen LogP contribution in [0.4, 0.5) is 0 Å². The topological polar surface area (TPSA) is 38.3 Å². The van der Waals surface area contributed by atoms with Crippen LogP contribution in [0.15, 0.2) is 48.5 Å². The molecular weight excluding hydrogens is 262 g/mol. The van der Waals surface area contributed by atoms with Crippen molar-refractivity contribution in [2.24, 2.45) is 0 Å². The van der Waals surface area contributed by atoms with E-state index in [-0.39, 0.29) is 5.91 Å². The summed E-state index contributed by atoms with van der Waals surface area (Å²) in [5.74, 6) is 0.815. The normalized spacial score (nSPS) is 10.2. The monoisotopic (exact) mass is 283 g/mol. The molecule has 0 aliphatic carbocycles. The summed E-state index contributed by atoms with van der Waals surface area (Å²) < 4.78 is 5.15. The number of aryl methyl sites for hydroxylation is 1. The Bertz CT molecular complexity index is 590. The van der Waals surface area contributed by atoms with Crippen molar-refractivity contribution in [3.8, 4) is 5.75 Å². The van der Waals surface area contributed by atoms with Crippen molar-refractivity contribution in [1.29, 1.82) is 0 Å². The van der Waals surface area contributed by atoms with E-state index in [2.05, 4.69) is 36.5 Å². The summed E-state index contributed by atoms with van der Waals surface area (Å²) in [6.07, 6.45) is 1.23. The number of carbonyl (C=O) groups excluding carboxylic acids is 1. The molecule has 2 aromatic rings. The molecule has 0 heterocycles. The molecule has 0 spiro atoms. The van der Waals surface area contributed by atoms with Crippen molar-refractivity contribution in [1.82, 2.24) is 5.32 Å². The standard InChI is InChI=1S/C18H21NO2/c1-14-6-8-15(9-7-14)10-11-19-18(20)13-16-4-3-5-17(12-16)21-2/h3-9,12H,10-11,13H2,1-2H3,(H,19,20). The first-order chi connectivity index (χ1) is 10.2. The first-order valence-corrected chi connectivity index (χ1v) is 7.12. The molecule has 0 bridgehead atoms. The third-order valence-corrected chi connectivity index (χ3v) is 3.36. The van der Waals surface area contributed by atoms with E-state index in [0.29, 0.717) is 13.0 Å². The molecule has 0 radical (unpaired) electrons. The molecule has 1 amide bonds. The molecule has 2 aromatic carbocycles. The van der Waals surface area contributed by atoms with E-state index in [0.717, 1.165) is 17.7 Å². The summed E-state index contributed by atoms with van der Waals surface area (Å²) in [6.45, 7) is 2.73. The summed E-state index contributed by atoms with van der Waals surface area (Å²) in [4.78, 5) is 11.9. The van der Waals surface area contributed by atoms with Crippen LogP contribution in [0.5, 0.6) is 5.75 Å². The van der Waals surface area contributed by atoms with Crippen LogP contribution in [0.3, 0.4) is 0 Å². The number of benzene rings is 2. The lowest BCUT2D eigenvalue weighted by atomic mass is 10.1. The van der Waals surface area contributed by atoms with Crippen LogP contribution in [0.1, 0.15) is 16.7 Å². The molecule has 2 rings (SSSR count). The maximum Gasteiger partial charge on any atom is 0.224 e. The summed E-state index contributed by atoms with van der Waals surface area (Å²) in [5, 5.41) is 2.95. The summed E-state index contributed by atoms with van der Waals surface area (Å²) >= 11 is 0. The maximum atomic E-state index is 11.9. The highest BCUT2D eigenvalue weighted by molar-refractivity contribution is 5.78. The molecule has 0 aliphatic rings. The van der Waals surface area contributed by atoms with Crippen LogP contribution in [-0.4, -0.2) is 19.6 Å². The minimum atomic E-state index is 0.0374. The van der Waals surface area contributed by atoms with Gasteiger partial charge >= 0.3 is 0 Å². The Morgan fingerprint density at radius 1 is 1.10 bits per heavy atom. The predicted molar refractivity (Wildman–Crippen MR) is 84.6 cm³/mol. The average Bonchev–Trinajstić information content (AvgIpc) is 2.49. The fourth-order valence-corrected chi connectivity index (χ4v) is 2.13. The van der Waals surface area contributed by atoms with Crippen LogP contribution in [0.25, 0.3) is 0 Å². The molecule has 0 unspecified atom stereocenters. The maximum absolute atomic E-state index is 11.9. The van der Waals surface area contributed by atoms with Gasteiger partial charge in [-0.1, -0.05) is 42.0 Å². The van der Waals surface area contributed by atoms with E-state index in [9.17, 15) is 4.79 Å². The van der Waals surface area contributed by atoms with Crippen molar-refractivity contribution in [2.75, 3.05) is 13.7 Å². The lowest BCUT2D eigenvalue weighted by Crippen LogP contribution is -2.27. The third kappa shape index (κ3) is 4.95. The number of methoxy groups -OCH3 is 1. The van der Waals surface area contributed by atoms with Gasteiger partial charge in [0.05, 0.1) is 13.5 Å². The van der Waals surface area contributed by atoms with Gasteiger partial charge in [-0.25, -0.2) is 0 Å². The molecule has 110 valence electrons. The molecule has 0 aromatic heterocycles. The molecule has 0 saturated heterocycles. The third-order valence-electron chi connectivity index (χ3n) is 3.36. The minimum absolute atomic E-state index is 0.0374. The fraction of sp³-hybridized carbons (Fsp3) is 0.278. The molecule has 1 N–H and O–H groups in total. The molecule has 0 fully saturated rings. The lowest BCUT2D eigenvalue weighted by Gasteiger charge is -2.07. The van der Waals surface area contributed by atoms with E-state index < -0.39 is 0 Å². The van der Waals surface area contributed by atoms with Crippen LogP contribution >= 0.6 is 0 Å². The van der Waals surface area contributed by atoms with Gasteiger partial charge in [0.15, 0.2) is 0 Å². The first kappa shape index (κ1) is 15.1. The van der Waals surface area contributed by atoms with Crippen LogP contribution in [0, 0.1) is 6.92 Å². The zero-order valence-electron chi connectivity index (χ0n) is 12.6. The van der Waals surface area contributed by atoms with Gasteiger partial charge in [-0.3, -0.25) is 4.79 Å². The number of hydrogen-bond donors (Lipinski definition) is 1. The van der Waals surface area contributed by atoms with Gasteiger partial charge in [0.25, 0.3) is 0 Å². The molecule has 0 aliphatic heterocycles. The van der Waals surface area contributed by atoms with Crippen LogP contribution < -0.4 is 10.1 Å². The summed E-state index contributed by atoms with van der Waals surface area (Å²) in [7, 11) is 1.63. The Balaban J connectivity index is 1.78. The number of nitrogens with one attached hydrogen (secondary N) is 1. The van der Waals surface area contributed by atoms with Gasteiger partial charge < -0.3 is 10.1 Å². The van der Waals surface area contributed by atoms with E-state index >= 15 is 0 Å². The Morgan fingerprint density at radius 2 is 1.86 bits per heavy atom. The smallest absolute Gasteiger partial charge is 0.224 e. The van der Waals surface area contributed by atoms with Crippen molar-refractivity contribution in [2.45, 2.75) is 19.8 Å². The zero-order valence-corrected chi connectivity index (χ0v) is 12.6. The highest BCUT2D eigenvalue weighted by Gasteiger charge is 2.04. The Hall–Kier alpha value is -2.29. The largest absolute Gasteiger partial charge is 0.497 e. The van der Waals surface area contributed by atoms with E-state index in [1.165, 1.54) is 11.1 Å². The number of rotatable bonds is 6. The first-order valence-electron chi connectivity index (χ1n) is 7.12. The van der Waals surface area contributed by atoms with E-state index in [1.807, 2.05) is 24.3 Å². The summed E-state index contributed by atoms with van der Waals surface area (Å²) in [6, 6.07) is 16.0. The quantitative estimate of drug-likeness (QED) is 0.885. The van der Waals surface area contributed by atoms with Gasteiger partial charge in [-0.05, 0) is 36.6 Å². The second kappa shape index (κ2) is 7.48. The predicted octanol–water partition coefficient (Wildman–Crippen LogP) is 2.91. The van der Waals surface area contributed by atoms with Crippen LogP contribution in [0.2, 0.25) is 0 Å². The number of ether oxygens (including phenoxy) is 1. The average molecular weight is 283 g/mol. The van der Waals surface area contributed by atoms with Gasteiger partial charge in [-0.15, -0.1) is 0 Å². The van der Waals surface area contributed by atoms with Gasteiger partial charge in [-0.2, -0.15) is 0 Å². The van der Waals surface area contributed by atoms with E-state index in [1.54, 1.807) is 7.11 Å². The van der Waals surface area contributed by atoms with Crippen molar-refractivity contribution in [3.63, 3.8) is 0 Å². The van der Waals surface area contributed by atoms with Crippen molar-refractivity contribution >= 4 is 5.91 Å². The highest BCUT2D eigenvalue weighted by atomic mass is 16.5. The molecule has 0 saturated carbocycles. The number of amides is 1. The molecule has 0 atom stereocenters. The minimum Gasteiger partial charge on any atom is -0.497 e. The molecule has 3 nitrogen and oxygen atoms in total. The summed E-state index contributed by atoms with van der Waals surface area (Å²) in [5.41, 5.74) is 3.45. The number of hydrogen-bond acceptors (Lipinski definition) is 2. The van der Waals surface area contributed by atoms with Gasteiger partial charge in [0, 0.05) is 6.54 Å². The Kier molecular flexibility index (Phi) is 5.38. The van der Waals surface area contributed by atoms with Crippen molar-refractivity contribution in [3.05, 3.63) is 65.2 Å². The van der Waals surface area contributed by atoms with E-state index in [4.69, 9.17) is 4.74 Å². The van der Waals surface area contributed by atoms with Crippen molar-refractivity contribution < 1.29 is 9.53 Å². The molecule has 21 heavy (non-hydrogen) atoms. The number of carbonyl (C=O) groups is 1. The lowest BCUT2D eigenvalue weighted by molar-refractivity contribution is -0.120. The second-order valence-electron chi connectivity index (χ2n) is 5.11. The Morgan fingerprint density at radius 3 is 2.57 bits per heavy atom. The van der Waals surface area contributed by atoms with Crippen LogP contribution in [-0.2, 0) is 17.6 Å². The Labute approximate surface area is 126 Å². The highest BCUT2D eigenvalue weighted by Crippen LogP contribution is 2.12. The van der Waals surface area contributed by atoms with Gasteiger partial charge in [0.2, 0.25) is 5.91 Å². The second-order valence-corrected chi connectivity index (χ2v) is 5.11. The van der Waals surface area contributed by atoms with Gasteiger partial charge in [0.1, 0.15) is 5.75 Å². The zero-order chi connectivity index (χ0) is 15.1. The fourth-order valence-electron chi connectivity index (χ4n) is 2.13. The molecular formula is C18H21NO2.